The van der Waals surface area contributed by atoms with Gasteiger partial charge < -0.3 is 15.4 Å². The number of hydrogen-bond acceptors (Lipinski definition) is 4. The summed E-state index contributed by atoms with van der Waals surface area (Å²) in [4.78, 5) is 18.8. The zero-order valence-electron chi connectivity index (χ0n) is 18.4. The summed E-state index contributed by atoms with van der Waals surface area (Å²) in [6.45, 7) is 2.39. The highest BCUT2D eigenvalue weighted by atomic mass is 16.5. The number of carbonyl (C=O) groups excluding carboxylic acids is 1. The summed E-state index contributed by atoms with van der Waals surface area (Å²) in [5.74, 6) is 7.23. The van der Waals surface area contributed by atoms with Gasteiger partial charge in [-0.3, -0.25) is 9.20 Å². The maximum Gasteiger partial charge on any atom is 0.298 e. The molecule has 2 aromatic carbocycles. The lowest BCUT2D eigenvalue weighted by atomic mass is 10.0. The molecule has 2 N–H and O–H groups in total. The van der Waals surface area contributed by atoms with Crippen LogP contribution in [0.1, 0.15) is 31.4 Å². The van der Waals surface area contributed by atoms with E-state index in [0.29, 0.717) is 12.5 Å². The molecule has 0 saturated carbocycles. The largest absolute Gasteiger partial charge is 0.457 e. The molecule has 0 spiro atoms. The van der Waals surface area contributed by atoms with Crippen LogP contribution in [0.2, 0.25) is 0 Å². The zero-order valence-corrected chi connectivity index (χ0v) is 18.4. The Hall–Kier alpha value is -4.24. The number of nitrogen functional groups attached to an aromatic ring is 1. The monoisotopic (exact) mass is 436 g/mol. The van der Waals surface area contributed by atoms with Gasteiger partial charge in [-0.25, -0.2) is 4.98 Å². The SMILES string of the molecule is CC#CC(=O)N1CCCC1c1cc(-c2ccc(Oc3ccccc3)cc2)n2c(N)nccc12. The lowest BCUT2D eigenvalue weighted by Gasteiger charge is -2.22. The Morgan fingerprint density at radius 2 is 1.85 bits per heavy atom. The number of carbonyl (C=O) groups is 1. The van der Waals surface area contributed by atoms with Gasteiger partial charge in [-0.15, -0.1) is 0 Å². The van der Waals surface area contributed by atoms with Crippen molar-refractivity contribution in [1.29, 1.82) is 0 Å². The highest BCUT2D eigenvalue weighted by Gasteiger charge is 2.32. The number of amides is 1. The first-order chi connectivity index (χ1) is 16.2. The standard InChI is InChI=1S/C27H24N4O2/c1-2-7-26(32)30-17-6-10-23(30)22-18-25(31-24(22)15-16-29-27(31)28)19-11-13-21(14-12-19)33-20-8-4-3-5-9-20/h3-5,8-9,11-16,18,23H,6,10,17H2,1H3,(H2,28,29). The average Bonchev–Trinajstić information content (AvgIpc) is 3.46. The van der Waals surface area contributed by atoms with Gasteiger partial charge in [0.1, 0.15) is 11.5 Å². The molecule has 164 valence electrons. The van der Waals surface area contributed by atoms with Gasteiger partial charge in [-0.05, 0) is 79.8 Å². The summed E-state index contributed by atoms with van der Waals surface area (Å²) in [6, 6.07) is 21.6. The molecule has 1 unspecified atom stereocenters. The molecule has 3 heterocycles. The third-order valence-corrected chi connectivity index (χ3v) is 5.97. The second-order valence-electron chi connectivity index (χ2n) is 7.98. The van der Waals surface area contributed by atoms with Crippen LogP contribution < -0.4 is 10.5 Å². The molecule has 0 bridgehead atoms. The number of aromatic nitrogens is 2. The second-order valence-corrected chi connectivity index (χ2v) is 7.98. The van der Waals surface area contributed by atoms with E-state index in [-0.39, 0.29) is 11.9 Å². The first-order valence-corrected chi connectivity index (χ1v) is 11.0. The third kappa shape index (κ3) is 3.90. The summed E-state index contributed by atoms with van der Waals surface area (Å²) in [5.41, 5.74) is 10.2. The van der Waals surface area contributed by atoms with Gasteiger partial charge in [0, 0.05) is 18.3 Å². The van der Waals surface area contributed by atoms with E-state index < -0.39 is 0 Å². The molecule has 6 nitrogen and oxygen atoms in total. The van der Waals surface area contributed by atoms with E-state index in [1.54, 1.807) is 13.1 Å². The average molecular weight is 437 g/mol. The number of hydrogen-bond donors (Lipinski definition) is 1. The smallest absolute Gasteiger partial charge is 0.298 e. The fourth-order valence-corrected chi connectivity index (χ4v) is 4.51. The number of benzene rings is 2. The normalized spacial score (nSPS) is 15.3. The van der Waals surface area contributed by atoms with Crippen LogP contribution >= 0.6 is 0 Å². The molecule has 2 aromatic heterocycles. The Balaban J connectivity index is 1.54. The summed E-state index contributed by atoms with van der Waals surface area (Å²) in [6.07, 6.45) is 3.55. The topological polar surface area (TPSA) is 72.9 Å². The first kappa shape index (κ1) is 20.7. The van der Waals surface area contributed by atoms with Crippen LogP contribution in [0.15, 0.2) is 72.9 Å². The van der Waals surface area contributed by atoms with Crippen molar-refractivity contribution in [2.24, 2.45) is 0 Å². The maximum atomic E-state index is 12.6. The molecule has 1 amide bonds. The summed E-state index contributed by atoms with van der Waals surface area (Å²) >= 11 is 0. The molecular formula is C27H24N4O2. The molecule has 33 heavy (non-hydrogen) atoms. The number of nitrogens with zero attached hydrogens (tertiary/aromatic N) is 3. The number of anilines is 1. The molecule has 4 aromatic rings. The Labute approximate surface area is 192 Å². The molecule has 1 aliphatic rings. The molecule has 0 radical (unpaired) electrons. The first-order valence-electron chi connectivity index (χ1n) is 11.0. The van der Waals surface area contributed by atoms with Crippen LogP contribution in [0, 0.1) is 11.8 Å². The van der Waals surface area contributed by atoms with E-state index in [4.69, 9.17) is 10.5 Å². The summed E-state index contributed by atoms with van der Waals surface area (Å²) < 4.78 is 7.88. The van der Waals surface area contributed by atoms with Crippen LogP contribution in [0.3, 0.4) is 0 Å². The number of para-hydroxylation sites is 1. The van der Waals surface area contributed by atoms with Crippen molar-refractivity contribution in [2.45, 2.75) is 25.8 Å². The van der Waals surface area contributed by atoms with Gasteiger partial charge >= 0.3 is 0 Å². The summed E-state index contributed by atoms with van der Waals surface area (Å²) in [5, 5.41) is 0. The van der Waals surface area contributed by atoms with Crippen LogP contribution in [0.25, 0.3) is 16.8 Å². The predicted molar refractivity (Wildman–Crippen MR) is 129 cm³/mol. The van der Waals surface area contributed by atoms with Gasteiger partial charge in [0.05, 0.1) is 17.3 Å². The molecule has 1 saturated heterocycles. The van der Waals surface area contributed by atoms with Crippen molar-refractivity contribution in [1.82, 2.24) is 14.3 Å². The number of fused-ring (bicyclic) bond motifs is 1. The molecule has 0 aliphatic carbocycles. The van der Waals surface area contributed by atoms with Crippen molar-refractivity contribution >= 4 is 17.4 Å². The number of ether oxygens (including phenoxy) is 1. The quantitative estimate of drug-likeness (QED) is 0.454. The van der Waals surface area contributed by atoms with Crippen molar-refractivity contribution in [2.75, 3.05) is 12.3 Å². The van der Waals surface area contributed by atoms with E-state index in [9.17, 15) is 4.79 Å². The Morgan fingerprint density at radius 1 is 1.09 bits per heavy atom. The minimum atomic E-state index is -0.134. The minimum Gasteiger partial charge on any atom is -0.457 e. The minimum absolute atomic E-state index is 0.0374. The van der Waals surface area contributed by atoms with Gasteiger partial charge in [0.25, 0.3) is 5.91 Å². The lowest BCUT2D eigenvalue weighted by Crippen LogP contribution is -2.29. The van der Waals surface area contributed by atoms with Gasteiger partial charge in [-0.1, -0.05) is 24.1 Å². The Morgan fingerprint density at radius 3 is 2.61 bits per heavy atom. The van der Waals surface area contributed by atoms with Crippen molar-refractivity contribution < 1.29 is 9.53 Å². The zero-order chi connectivity index (χ0) is 22.8. The second kappa shape index (κ2) is 8.71. The van der Waals surface area contributed by atoms with Crippen molar-refractivity contribution in [3.63, 3.8) is 0 Å². The number of rotatable bonds is 4. The molecule has 1 atom stereocenters. The van der Waals surface area contributed by atoms with Crippen LogP contribution in [-0.2, 0) is 4.79 Å². The molecule has 6 heteroatoms. The third-order valence-electron chi connectivity index (χ3n) is 5.97. The molecule has 5 rings (SSSR count). The lowest BCUT2D eigenvalue weighted by molar-refractivity contribution is -0.125. The maximum absolute atomic E-state index is 12.6. The van der Waals surface area contributed by atoms with Crippen LogP contribution in [0.4, 0.5) is 5.95 Å². The molecular weight excluding hydrogens is 412 g/mol. The Kier molecular flexibility index (Phi) is 5.45. The van der Waals surface area contributed by atoms with E-state index in [1.807, 2.05) is 70.0 Å². The molecule has 1 aliphatic heterocycles. The Bertz CT molecular complexity index is 1360. The number of nitrogens with two attached hydrogens (primary N) is 1. The van der Waals surface area contributed by atoms with Gasteiger partial charge in [0.2, 0.25) is 5.95 Å². The van der Waals surface area contributed by atoms with E-state index in [0.717, 1.165) is 46.7 Å². The van der Waals surface area contributed by atoms with E-state index in [2.05, 4.69) is 22.9 Å². The fourth-order valence-electron chi connectivity index (χ4n) is 4.51. The van der Waals surface area contributed by atoms with Crippen LogP contribution in [0.5, 0.6) is 11.5 Å². The predicted octanol–water partition coefficient (Wildman–Crippen LogP) is 5.06. The van der Waals surface area contributed by atoms with E-state index >= 15 is 0 Å². The highest BCUT2D eigenvalue weighted by Crippen LogP contribution is 2.39. The van der Waals surface area contributed by atoms with Crippen molar-refractivity contribution in [3.8, 4) is 34.6 Å². The van der Waals surface area contributed by atoms with Crippen molar-refractivity contribution in [3.05, 3.63) is 78.5 Å². The van der Waals surface area contributed by atoms with Gasteiger partial charge in [0.15, 0.2) is 0 Å². The molecule has 1 fully saturated rings. The fraction of sp³-hybridized carbons (Fsp3) is 0.185. The van der Waals surface area contributed by atoms with Crippen LogP contribution in [-0.4, -0.2) is 26.7 Å². The van der Waals surface area contributed by atoms with Gasteiger partial charge in [-0.2, -0.15) is 0 Å². The number of likely N-dealkylation sites (tertiary alicyclic amines) is 1. The highest BCUT2D eigenvalue weighted by molar-refractivity contribution is 5.94. The summed E-state index contributed by atoms with van der Waals surface area (Å²) in [7, 11) is 0. The van der Waals surface area contributed by atoms with E-state index in [1.165, 1.54) is 0 Å².